The zero-order chi connectivity index (χ0) is 19.1. The van der Waals surface area contributed by atoms with Gasteiger partial charge in [0.2, 0.25) is 11.8 Å². The molecular formula is C21H25N3O3. The van der Waals surface area contributed by atoms with Crippen LogP contribution in [0.4, 0.5) is 0 Å². The van der Waals surface area contributed by atoms with Crippen LogP contribution < -0.4 is 5.32 Å². The Bertz CT molecular complexity index is 704. The number of carbonyl (C=O) groups is 2. The van der Waals surface area contributed by atoms with Crippen LogP contribution in [0.3, 0.4) is 0 Å². The van der Waals surface area contributed by atoms with Gasteiger partial charge in [0.05, 0.1) is 6.04 Å². The van der Waals surface area contributed by atoms with Crippen molar-refractivity contribution in [1.82, 2.24) is 15.2 Å². The molecule has 0 radical (unpaired) electrons. The van der Waals surface area contributed by atoms with Gasteiger partial charge in [0.15, 0.2) is 0 Å². The summed E-state index contributed by atoms with van der Waals surface area (Å²) in [6, 6.07) is 13.5. The Hall–Kier alpha value is -2.73. The SMILES string of the molecule is COCC(=O)N1CCC(C(=O)NC(c2ccccc2)c2ccncc2)CC1. The Labute approximate surface area is 159 Å². The van der Waals surface area contributed by atoms with Gasteiger partial charge in [0.1, 0.15) is 6.61 Å². The molecule has 6 nitrogen and oxygen atoms in total. The maximum Gasteiger partial charge on any atom is 0.248 e. The fraction of sp³-hybridized carbons (Fsp3) is 0.381. The molecular weight excluding hydrogens is 342 g/mol. The molecule has 0 spiro atoms. The first-order valence-corrected chi connectivity index (χ1v) is 9.21. The van der Waals surface area contributed by atoms with E-state index in [0.29, 0.717) is 25.9 Å². The van der Waals surface area contributed by atoms with Crippen molar-refractivity contribution in [3.8, 4) is 0 Å². The summed E-state index contributed by atoms with van der Waals surface area (Å²) in [5.41, 5.74) is 2.03. The Morgan fingerprint density at radius 1 is 1.11 bits per heavy atom. The predicted molar refractivity (Wildman–Crippen MR) is 102 cm³/mol. The number of amides is 2. The summed E-state index contributed by atoms with van der Waals surface area (Å²) in [7, 11) is 1.51. The standard InChI is InChI=1S/C21H25N3O3/c1-27-15-19(25)24-13-9-18(10-14-24)21(26)23-20(16-5-3-2-4-6-16)17-7-11-22-12-8-17/h2-8,11-12,18,20H,9-10,13-15H2,1H3,(H,23,26). The number of rotatable bonds is 6. The van der Waals surface area contributed by atoms with E-state index in [4.69, 9.17) is 4.74 Å². The van der Waals surface area contributed by atoms with Crippen LogP contribution in [0.1, 0.15) is 30.0 Å². The number of nitrogens with zero attached hydrogens (tertiary/aromatic N) is 2. The van der Waals surface area contributed by atoms with Crippen molar-refractivity contribution in [2.24, 2.45) is 5.92 Å². The minimum absolute atomic E-state index is 0.0182. The van der Waals surface area contributed by atoms with Crippen LogP contribution in [-0.2, 0) is 14.3 Å². The molecule has 1 atom stereocenters. The third-order valence-electron chi connectivity index (χ3n) is 4.95. The number of hydrogen-bond acceptors (Lipinski definition) is 4. The minimum atomic E-state index is -0.213. The second-order valence-electron chi connectivity index (χ2n) is 6.72. The zero-order valence-corrected chi connectivity index (χ0v) is 15.5. The maximum absolute atomic E-state index is 12.9. The molecule has 3 rings (SSSR count). The molecule has 0 bridgehead atoms. The fourth-order valence-electron chi connectivity index (χ4n) is 3.43. The molecule has 1 aromatic carbocycles. The van der Waals surface area contributed by atoms with Crippen LogP contribution in [0.15, 0.2) is 54.9 Å². The number of benzene rings is 1. The maximum atomic E-state index is 12.9. The van der Waals surface area contributed by atoms with Gasteiger partial charge in [-0.25, -0.2) is 0 Å². The number of aromatic nitrogens is 1. The number of hydrogen-bond donors (Lipinski definition) is 1. The molecule has 1 aromatic heterocycles. The van der Waals surface area contributed by atoms with E-state index in [1.807, 2.05) is 42.5 Å². The van der Waals surface area contributed by atoms with Gasteiger partial charge in [-0.05, 0) is 36.1 Å². The molecule has 1 saturated heterocycles. The van der Waals surface area contributed by atoms with E-state index in [0.717, 1.165) is 11.1 Å². The summed E-state index contributed by atoms with van der Waals surface area (Å²) in [4.78, 5) is 30.7. The lowest BCUT2D eigenvalue weighted by molar-refractivity contribution is -0.138. The molecule has 0 aliphatic carbocycles. The molecule has 1 fully saturated rings. The Morgan fingerprint density at radius 3 is 2.37 bits per heavy atom. The van der Waals surface area contributed by atoms with Gasteiger partial charge in [0.25, 0.3) is 0 Å². The van der Waals surface area contributed by atoms with E-state index in [9.17, 15) is 9.59 Å². The van der Waals surface area contributed by atoms with Crippen LogP contribution >= 0.6 is 0 Å². The fourth-order valence-corrected chi connectivity index (χ4v) is 3.43. The Morgan fingerprint density at radius 2 is 1.74 bits per heavy atom. The van der Waals surface area contributed by atoms with E-state index in [1.165, 1.54) is 7.11 Å². The van der Waals surface area contributed by atoms with Crippen molar-refractivity contribution >= 4 is 11.8 Å². The largest absolute Gasteiger partial charge is 0.375 e. The minimum Gasteiger partial charge on any atom is -0.375 e. The van der Waals surface area contributed by atoms with Crippen LogP contribution in [0.25, 0.3) is 0 Å². The first-order chi connectivity index (χ1) is 13.2. The van der Waals surface area contributed by atoms with Crippen LogP contribution in [0, 0.1) is 5.92 Å². The molecule has 142 valence electrons. The summed E-state index contributed by atoms with van der Waals surface area (Å²) < 4.78 is 4.91. The van der Waals surface area contributed by atoms with E-state index < -0.39 is 0 Å². The average Bonchev–Trinajstić information content (AvgIpc) is 2.73. The van der Waals surface area contributed by atoms with Gasteiger partial charge in [-0.1, -0.05) is 30.3 Å². The molecule has 2 aromatic rings. The van der Waals surface area contributed by atoms with Gasteiger partial charge in [0, 0.05) is 38.5 Å². The summed E-state index contributed by atoms with van der Waals surface area (Å²) in [5.74, 6) is -0.0838. The van der Waals surface area contributed by atoms with Crippen molar-refractivity contribution in [1.29, 1.82) is 0 Å². The van der Waals surface area contributed by atoms with Crippen LogP contribution in [0.2, 0.25) is 0 Å². The molecule has 1 aliphatic rings. The smallest absolute Gasteiger partial charge is 0.248 e. The summed E-state index contributed by atoms with van der Waals surface area (Å²) in [6.45, 7) is 1.27. The third kappa shape index (κ3) is 4.92. The monoisotopic (exact) mass is 367 g/mol. The number of nitrogens with one attached hydrogen (secondary N) is 1. The normalized spacial score (nSPS) is 16.0. The van der Waals surface area contributed by atoms with Crippen molar-refractivity contribution in [3.05, 3.63) is 66.0 Å². The second kappa shape index (κ2) is 9.28. The molecule has 1 aliphatic heterocycles. The molecule has 0 saturated carbocycles. The quantitative estimate of drug-likeness (QED) is 0.849. The lowest BCUT2D eigenvalue weighted by atomic mass is 9.93. The van der Waals surface area contributed by atoms with Gasteiger partial charge in [-0.2, -0.15) is 0 Å². The molecule has 2 heterocycles. The van der Waals surface area contributed by atoms with E-state index in [1.54, 1.807) is 17.3 Å². The topological polar surface area (TPSA) is 71.5 Å². The number of piperidine rings is 1. The number of carbonyl (C=O) groups excluding carboxylic acids is 2. The van der Waals surface area contributed by atoms with Gasteiger partial charge >= 0.3 is 0 Å². The lowest BCUT2D eigenvalue weighted by Gasteiger charge is -2.32. The van der Waals surface area contributed by atoms with Gasteiger partial charge in [-0.15, -0.1) is 0 Å². The Kier molecular flexibility index (Phi) is 6.54. The summed E-state index contributed by atoms with van der Waals surface area (Å²) in [6.07, 6.45) is 4.80. The van der Waals surface area contributed by atoms with E-state index in [-0.39, 0.29) is 30.4 Å². The summed E-state index contributed by atoms with van der Waals surface area (Å²) >= 11 is 0. The molecule has 6 heteroatoms. The summed E-state index contributed by atoms with van der Waals surface area (Å²) in [5, 5.41) is 3.19. The number of methoxy groups -OCH3 is 1. The van der Waals surface area contributed by atoms with E-state index in [2.05, 4.69) is 10.3 Å². The highest BCUT2D eigenvalue weighted by molar-refractivity contribution is 5.81. The van der Waals surface area contributed by atoms with Crippen molar-refractivity contribution in [2.75, 3.05) is 26.8 Å². The number of likely N-dealkylation sites (tertiary alicyclic amines) is 1. The van der Waals surface area contributed by atoms with Gasteiger partial charge < -0.3 is 15.0 Å². The van der Waals surface area contributed by atoms with Crippen LogP contribution in [0.5, 0.6) is 0 Å². The van der Waals surface area contributed by atoms with Crippen molar-refractivity contribution in [2.45, 2.75) is 18.9 Å². The highest BCUT2D eigenvalue weighted by Crippen LogP contribution is 2.24. The molecule has 2 amide bonds. The first kappa shape index (κ1) is 19.0. The number of pyridine rings is 1. The highest BCUT2D eigenvalue weighted by Gasteiger charge is 2.29. The van der Waals surface area contributed by atoms with Crippen LogP contribution in [-0.4, -0.2) is 48.5 Å². The number of ether oxygens (including phenoxy) is 1. The van der Waals surface area contributed by atoms with E-state index >= 15 is 0 Å². The predicted octanol–water partition coefficient (Wildman–Crippen LogP) is 2.17. The third-order valence-corrected chi connectivity index (χ3v) is 4.95. The molecule has 1 N–H and O–H groups in total. The molecule has 1 unspecified atom stereocenters. The Balaban J connectivity index is 1.66. The highest BCUT2D eigenvalue weighted by atomic mass is 16.5. The second-order valence-corrected chi connectivity index (χ2v) is 6.72. The van der Waals surface area contributed by atoms with Crippen molar-refractivity contribution in [3.63, 3.8) is 0 Å². The van der Waals surface area contributed by atoms with Crippen molar-refractivity contribution < 1.29 is 14.3 Å². The zero-order valence-electron chi connectivity index (χ0n) is 15.5. The van der Waals surface area contributed by atoms with Gasteiger partial charge in [-0.3, -0.25) is 14.6 Å². The molecule has 27 heavy (non-hydrogen) atoms. The average molecular weight is 367 g/mol. The lowest BCUT2D eigenvalue weighted by Crippen LogP contribution is -2.44. The first-order valence-electron chi connectivity index (χ1n) is 9.21.